The molecule has 1 rings (SSSR count). The van der Waals surface area contributed by atoms with E-state index in [-0.39, 0.29) is 10.6 Å². The normalized spacial score (nSPS) is 13.3. The second-order valence-corrected chi connectivity index (χ2v) is 6.24. The van der Waals surface area contributed by atoms with E-state index in [2.05, 4.69) is 0 Å². The molecule has 5 nitrogen and oxygen atoms in total. The summed E-state index contributed by atoms with van der Waals surface area (Å²) in [5.74, 6) is -1.72. The largest absolute Gasteiger partial charge is 0.495 e. The zero-order chi connectivity index (χ0) is 13.9. The molecule has 0 fully saturated rings. The van der Waals surface area contributed by atoms with Crippen LogP contribution in [0.5, 0.6) is 5.75 Å². The van der Waals surface area contributed by atoms with Crippen molar-refractivity contribution in [1.82, 2.24) is 0 Å². The van der Waals surface area contributed by atoms with Gasteiger partial charge in [0.25, 0.3) is 0 Å². The van der Waals surface area contributed by atoms with Crippen LogP contribution in [0.1, 0.15) is 13.8 Å². The predicted octanol–water partition coefficient (Wildman–Crippen LogP) is 1.58. The van der Waals surface area contributed by atoms with Crippen molar-refractivity contribution in [2.45, 2.75) is 24.0 Å². The Hall–Kier alpha value is -1.56. The summed E-state index contributed by atoms with van der Waals surface area (Å²) < 4.78 is 29.6. The van der Waals surface area contributed by atoms with Crippen molar-refractivity contribution in [3.63, 3.8) is 0 Å². The summed E-state index contributed by atoms with van der Waals surface area (Å²) in [5, 5.41) is 7.61. The topological polar surface area (TPSA) is 80.7 Å². The summed E-state index contributed by atoms with van der Waals surface area (Å²) >= 11 is 0. The molecular weight excluding hydrogens is 256 g/mol. The number of carboxylic acids is 1. The van der Waals surface area contributed by atoms with Crippen LogP contribution in [-0.2, 0) is 14.6 Å². The third kappa shape index (κ3) is 2.64. The summed E-state index contributed by atoms with van der Waals surface area (Å²) in [6.07, 6.45) is 0. The van der Waals surface area contributed by atoms with Crippen LogP contribution < -0.4 is 4.74 Å². The molecule has 100 valence electrons. The monoisotopic (exact) mass is 272 g/mol. The quantitative estimate of drug-likeness (QED) is 0.880. The van der Waals surface area contributed by atoms with Gasteiger partial charge >= 0.3 is 5.97 Å². The molecule has 18 heavy (non-hydrogen) atoms. The molecule has 0 aromatic heterocycles. The van der Waals surface area contributed by atoms with Crippen molar-refractivity contribution in [2.24, 2.45) is 5.92 Å². The molecule has 0 heterocycles. The third-order valence-corrected chi connectivity index (χ3v) is 4.92. The first-order chi connectivity index (χ1) is 8.32. The molecule has 1 N–H and O–H groups in total. The maximum Gasteiger partial charge on any atom is 0.322 e. The van der Waals surface area contributed by atoms with E-state index in [1.165, 1.54) is 25.3 Å². The second kappa shape index (κ2) is 5.39. The molecule has 0 saturated carbocycles. The third-order valence-electron chi connectivity index (χ3n) is 2.56. The van der Waals surface area contributed by atoms with E-state index >= 15 is 0 Å². The summed E-state index contributed by atoms with van der Waals surface area (Å²) in [6, 6.07) is 6.01. The van der Waals surface area contributed by atoms with Crippen LogP contribution in [-0.4, -0.2) is 31.9 Å². The standard InChI is InChI=1S/C12H16O5S/c1-8(2)11(12(13)14)18(15,16)10-7-5-4-6-9(10)17-3/h4-8,11H,1-3H3,(H,13,14). The number of methoxy groups -OCH3 is 1. The number of hydrogen-bond donors (Lipinski definition) is 1. The average Bonchev–Trinajstić information content (AvgIpc) is 2.27. The Morgan fingerprint density at radius 3 is 2.28 bits per heavy atom. The van der Waals surface area contributed by atoms with Gasteiger partial charge in [-0.25, -0.2) is 8.42 Å². The van der Waals surface area contributed by atoms with Gasteiger partial charge in [-0.15, -0.1) is 0 Å². The minimum Gasteiger partial charge on any atom is -0.495 e. The van der Waals surface area contributed by atoms with Crippen LogP contribution in [0.15, 0.2) is 29.2 Å². The van der Waals surface area contributed by atoms with Gasteiger partial charge < -0.3 is 9.84 Å². The second-order valence-electron chi connectivity index (χ2n) is 4.20. The Morgan fingerprint density at radius 1 is 1.28 bits per heavy atom. The molecule has 6 heteroatoms. The molecule has 0 radical (unpaired) electrons. The highest BCUT2D eigenvalue weighted by molar-refractivity contribution is 7.93. The summed E-state index contributed by atoms with van der Waals surface area (Å²) in [4.78, 5) is 11.1. The molecule has 1 aromatic rings. The van der Waals surface area contributed by atoms with Crippen LogP contribution in [0.25, 0.3) is 0 Å². The molecular formula is C12H16O5S. The van der Waals surface area contributed by atoms with Crippen LogP contribution >= 0.6 is 0 Å². The van der Waals surface area contributed by atoms with Crippen LogP contribution in [0.2, 0.25) is 0 Å². The van der Waals surface area contributed by atoms with Gasteiger partial charge in [0.2, 0.25) is 0 Å². The number of hydrogen-bond acceptors (Lipinski definition) is 4. The molecule has 0 amide bonds. The maximum absolute atomic E-state index is 12.3. The summed E-state index contributed by atoms with van der Waals surface area (Å²) in [5.41, 5.74) is 0. The van der Waals surface area contributed by atoms with E-state index in [0.717, 1.165) is 0 Å². The van der Waals surface area contributed by atoms with Crippen LogP contribution in [0.3, 0.4) is 0 Å². The van der Waals surface area contributed by atoms with E-state index in [4.69, 9.17) is 9.84 Å². The van der Waals surface area contributed by atoms with Crippen molar-refractivity contribution < 1.29 is 23.1 Å². The van der Waals surface area contributed by atoms with Gasteiger partial charge in [0, 0.05) is 0 Å². The minimum absolute atomic E-state index is 0.0893. The Morgan fingerprint density at radius 2 is 1.83 bits per heavy atom. The lowest BCUT2D eigenvalue weighted by Crippen LogP contribution is -2.35. The highest BCUT2D eigenvalue weighted by Gasteiger charge is 2.38. The molecule has 0 saturated heterocycles. The van der Waals surface area contributed by atoms with Gasteiger partial charge in [0.1, 0.15) is 10.6 Å². The molecule has 0 bridgehead atoms. The molecule has 0 aliphatic rings. The lowest BCUT2D eigenvalue weighted by atomic mass is 10.1. The van der Waals surface area contributed by atoms with Gasteiger partial charge in [-0.3, -0.25) is 4.79 Å². The molecule has 0 spiro atoms. The van der Waals surface area contributed by atoms with E-state index in [0.29, 0.717) is 0 Å². The Kier molecular flexibility index (Phi) is 4.34. The van der Waals surface area contributed by atoms with E-state index in [9.17, 15) is 13.2 Å². The first-order valence-corrected chi connectivity index (χ1v) is 6.96. The van der Waals surface area contributed by atoms with Crippen LogP contribution in [0.4, 0.5) is 0 Å². The molecule has 1 unspecified atom stereocenters. The number of ether oxygens (including phenoxy) is 1. The fourth-order valence-corrected chi connectivity index (χ4v) is 3.72. The van der Waals surface area contributed by atoms with Gasteiger partial charge in [0.05, 0.1) is 7.11 Å². The van der Waals surface area contributed by atoms with Gasteiger partial charge in [-0.05, 0) is 18.1 Å². The van der Waals surface area contributed by atoms with Gasteiger partial charge in [-0.1, -0.05) is 26.0 Å². The maximum atomic E-state index is 12.3. The van der Waals surface area contributed by atoms with Gasteiger partial charge in [-0.2, -0.15) is 0 Å². The number of sulfone groups is 1. The zero-order valence-corrected chi connectivity index (χ0v) is 11.3. The van der Waals surface area contributed by atoms with Crippen molar-refractivity contribution in [3.05, 3.63) is 24.3 Å². The minimum atomic E-state index is -3.97. The number of benzene rings is 1. The van der Waals surface area contributed by atoms with Crippen molar-refractivity contribution in [3.8, 4) is 5.75 Å². The lowest BCUT2D eigenvalue weighted by molar-refractivity contribution is -0.137. The van der Waals surface area contributed by atoms with Gasteiger partial charge in [0.15, 0.2) is 15.1 Å². The Bertz CT molecular complexity index is 533. The number of aliphatic carboxylic acids is 1. The fraction of sp³-hybridized carbons (Fsp3) is 0.417. The Balaban J connectivity index is 3.40. The summed E-state index contributed by atoms with van der Waals surface area (Å²) in [7, 11) is -2.62. The molecule has 1 atom stereocenters. The lowest BCUT2D eigenvalue weighted by Gasteiger charge is -2.18. The zero-order valence-electron chi connectivity index (χ0n) is 10.5. The van der Waals surface area contributed by atoms with Crippen molar-refractivity contribution in [2.75, 3.05) is 7.11 Å². The predicted molar refractivity (Wildman–Crippen MR) is 66.4 cm³/mol. The fourth-order valence-electron chi connectivity index (χ4n) is 1.77. The molecule has 1 aromatic carbocycles. The number of carboxylic acid groups (broad SMARTS) is 1. The smallest absolute Gasteiger partial charge is 0.322 e. The first kappa shape index (κ1) is 14.5. The Labute approximate surface area is 106 Å². The van der Waals surface area contributed by atoms with E-state index in [1.54, 1.807) is 19.9 Å². The summed E-state index contributed by atoms with van der Waals surface area (Å²) in [6.45, 7) is 3.12. The van der Waals surface area contributed by atoms with Crippen molar-refractivity contribution in [1.29, 1.82) is 0 Å². The first-order valence-electron chi connectivity index (χ1n) is 5.42. The number of carbonyl (C=O) groups is 1. The SMILES string of the molecule is COc1ccccc1S(=O)(=O)C(C(=O)O)C(C)C. The van der Waals surface area contributed by atoms with E-state index < -0.39 is 27.0 Å². The number of para-hydroxylation sites is 1. The number of rotatable bonds is 5. The highest BCUT2D eigenvalue weighted by Crippen LogP contribution is 2.29. The highest BCUT2D eigenvalue weighted by atomic mass is 32.2. The van der Waals surface area contributed by atoms with Crippen LogP contribution in [0, 0.1) is 5.92 Å². The molecule has 0 aliphatic heterocycles. The van der Waals surface area contributed by atoms with E-state index in [1.807, 2.05) is 0 Å². The average molecular weight is 272 g/mol. The molecule has 0 aliphatic carbocycles. The van der Waals surface area contributed by atoms with Crippen molar-refractivity contribution >= 4 is 15.8 Å².